The molecule has 0 aliphatic rings. The molecule has 0 spiro atoms. The summed E-state index contributed by atoms with van der Waals surface area (Å²) in [6.07, 6.45) is 0. The molecule has 22 heavy (non-hydrogen) atoms. The van der Waals surface area contributed by atoms with E-state index in [4.69, 9.17) is 0 Å². The smallest absolute Gasteiger partial charge is 0.311 e. The van der Waals surface area contributed by atoms with Crippen LogP contribution in [0.5, 0.6) is 0 Å². The van der Waals surface area contributed by atoms with Crippen LogP contribution in [-0.2, 0) is 16.1 Å². The molecule has 0 saturated carbocycles. The second-order valence-corrected chi connectivity index (χ2v) is 5.25. The Morgan fingerprint density at radius 2 is 1.55 bits per heavy atom. The predicted octanol–water partition coefficient (Wildman–Crippen LogP) is 2.52. The maximum Gasteiger partial charge on any atom is 0.311 e. The third kappa shape index (κ3) is 4.19. The van der Waals surface area contributed by atoms with Crippen molar-refractivity contribution >= 4 is 11.8 Å². The summed E-state index contributed by atoms with van der Waals surface area (Å²) in [5.74, 6) is -1.12. The lowest BCUT2D eigenvalue weighted by Crippen LogP contribution is -2.41. The van der Waals surface area contributed by atoms with Crippen LogP contribution in [-0.4, -0.2) is 23.8 Å². The summed E-state index contributed by atoms with van der Waals surface area (Å²) in [7, 11) is 1.63. The highest BCUT2D eigenvalue weighted by Gasteiger charge is 2.20. The monoisotopic (exact) mass is 296 g/mol. The van der Waals surface area contributed by atoms with Crippen LogP contribution in [0.4, 0.5) is 0 Å². The van der Waals surface area contributed by atoms with Gasteiger partial charge in [0.05, 0.1) is 6.04 Å². The van der Waals surface area contributed by atoms with Gasteiger partial charge in [0.25, 0.3) is 0 Å². The molecule has 0 aliphatic carbocycles. The van der Waals surface area contributed by atoms with Crippen LogP contribution < -0.4 is 5.32 Å². The minimum atomic E-state index is -0.588. The van der Waals surface area contributed by atoms with Crippen LogP contribution in [0.3, 0.4) is 0 Å². The summed E-state index contributed by atoms with van der Waals surface area (Å²) >= 11 is 0. The lowest BCUT2D eigenvalue weighted by molar-refractivity contribution is -0.145. The Kier molecular flexibility index (Phi) is 5.31. The van der Waals surface area contributed by atoms with Gasteiger partial charge in [0.15, 0.2) is 0 Å². The zero-order chi connectivity index (χ0) is 15.9. The third-order valence-electron chi connectivity index (χ3n) is 3.45. The van der Waals surface area contributed by atoms with Crippen LogP contribution in [0.2, 0.25) is 0 Å². The van der Waals surface area contributed by atoms with E-state index in [0.717, 1.165) is 11.1 Å². The molecule has 0 unspecified atom stereocenters. The van der Waals surface area contributed by atoms with Crippen LogP contribution in [0.1, 0.15) is 24.1 Å². The molecule has 2 rings (SSSR count). The van der Waals surface area contributed by atoms with E-state index >= 15 is 0 Å². The quantitative estimate of drug-likeness (QED) is 0.881. The highest BCUT2D eigenvalue weighted by molar-refractivity contribution is 6.34. The molecule has 0 bridgehead atoms. The van der Waals surface area contributed by atoms with Gasteiger partial charge in [-0.15, -0.1) is 0 Å². The fourth-order valence-corrected chi connectivity index (χ4v) is 2.19. The van der Waals surface area contributed by atoms with E-state index in [2.05, 4.69) is 5.32 Å². The van der Waals surface area contributed by atoms with Gasteiger partial charge >= 0.3 is 11.8 Å². The second kappa shape index (κ2) is 7.41. The number of amides is 2. The number of nitrogens with one attached hydrogen (secondary N) is 1. The largest absolute Gasteiger partial charge is 0.341 e. The van der Waals surface area contributed by atoms with Crippen molar-refractivity contribution in [1.29, 1.82) is 0 Å². The fourth-order valence-electron chi connectivity index (χ4n) is 2.19. The van der Waals surface area contributed by atoms with E-state index in [1.165, 1.54) is 4.90 Å². The number of benzene rings is 2. The van der Waals surface area contributed by atoms with Crippen molar-refractivity contribution < 1.29 is 9.59 Å². The molecule has 0 saturated heterocycles. The SMILES string of the molecule is C[C@H](NC(=O)C(=O)N(C)Cc1ccccc1)c1ccccc1. The number of nitrogens with zero attached hydrogens (tertiary/aromatic N) is 1. The molecule has 0 aromatic heterocycles. The molecule has 2 amide bonds. The average Bonchev–Trinajstić information content (AvgIpc) is 2.55. The zero-order valence-corrected chi connectivity index (χ0v) is 12.8. The van der Waals surface area contributed by atoms with Crippen molar-refractivity contribution in [3.05, 3.63) is 71.8 Å². The van der Waals surface area contributed by atoms with Gasteiger partial charge in [-0.2, -0.15) is 0 Å². The Bertz CT molecular complexity index is 626. The molecule has 1 atom stereocenters. The second-order valence-electron chi connectivity index (χ2n) is 5.25. The fraction of sp³-hybridized carbons (Fsp3) is 0.222. The first kappa shape index (κ1) is 15.8. The molecule has 0 heterocycles. The maximum absolute atomic E-state index is 12.1. The lowest BCUT2D eigenvalue weighted by Gasteiger charge is -2.19. The summed E-state index contributed by atoms with van der Waals surface area (Å²) in [5.41, 5.74) is 1.96. The molecular weight excluding hydrogens is 276 g/mol. The molecule has 2 aromatic carbocycles. The van der Waals surface area contributed by atoms with Crippen molar-refractivity contribution in [2.75, 3.05) is 7.05 Å². The van der Waals surface area contributed by atoms with Gasteiger partial charge in [0.1, 0.15) is 0 Å². The molecular formula is C18H20N2O2. The third-order valence-corrected chi connectivity index (χ3v) is 3.45. The summed E-state index contributed by atoms with van der Waals surface area (Å²) in [6.45, 7) is 2.27. The minimum Gasteiger partial charge on any atom is -0.341 e. The zero-order valence-electron chi connectivity index (χ0n) is 12.8. The lowest BCUT2D eigenvalue weighted by atomic mass is 10.1. The number of carbonyl (C=O) groups excluding carboxylic acids is 2. The minimum absolute atomic E-state index is 0.206. The number of hydrogen-bond donors (Lipinski definition) is 1. The maximum atomic E-state index is 12.1. The van der Waals surface area contributed by atoms with Crippen LogP contribution in [0.15, 0.2) is 60.7 Å². The van der Waals surface area contributed by atoms with Gasteiger partial charge in [-0.1, -0.05) is 60.7 Å². The van der Waals surface area contributed by atoms with E-state index < -0.39 is 11.8 Å². The normalized spacial score (nSPS) is 11.5. The number of likely N-dealkylation sites (N-methyl/N-ethyl adjacent to an activating group) is 1. The Balaban J connectivity index is 1.93. The molecule has 2 aromatic rings. The standard InChI is InChI=1S/C18H20N2O2/c1-14(16-11-7-4-8-12-16)19-17(21)18(22)20(2)13-15-9-5-3-6-10-15/h3-12,14H,13H2,1-2H3,(H,19,21)/t14-/m0/s1. The highest BCUT2D eigenvalue weighted by Crippen LogP contribution is 2.11. The van der Waals surface area contributed by atoms with Crippen LogP contribution >= 0.6 is 0 Å². The van der Waals surface area contributed by atoms with Crippen molar-refractivity contribution in [3.8, 4) is 0 Å². The molecule has 0 radical (unpaired) electrons. The molecule has 4 heteroatoms. The average molecular weight is 296 g/mol. The Morgan fingerprint density at radius 3 is 2.14 bits per heavy atom. The number of hydrogen-bond acceptors (Lipinski definition) is 2. The van der Waals surface area contributed by atoms with E-state index in [0.29, 0.717) is 6.54 Å². The first-order valence-corrected chi connectivity index (χ1v) is 7.22. The van der Waals surface area contributed by atoms with Gasteiger partial charge in [-0.3, -0.25) is 9.59 Å². The van der Waals surface area contributed by atoms with E-state index in [-0.39, 0.29) is 6.04 Å². The Morgan fingerprint density at radius 1 is 1.00 bits per heavy atom. The Labute approximate surface area is 130 Å². The Hall–Kier alpha value is -2.62. The van der Waals surface area contributed by atoms with Crippen molar-refractivity contribution in [2.24, 2.45) is 0 Å². The number of rotatable bonds is 4. The topological polar surface area (TPSA) is 49.4 Å². The molecule has 4 nitrogen and oxygen atoms in total. The van der Waals surface area contributed by atoms with Gasteiger partial charge in [-0.25, -0.2) is 0 Å². The van der Waals surface area contributed by atoms with Crippen LogP contribution in [0, 0.1) is 0 Å². The van der Waals surface area contributed by atoms with Gasteiger partial charge in [-0.05, 0) is 18.1 Å². The first-order chi connectivity index (χ1) is 10.6. The van der Waals surface area contributed by atoms with Gasteiger partial charge in [0.2, 0.25) is 0 Å². The van der Waals surface area contributed by atoms with Crippen molar-refractivity contribution in [3.63, 3.8) is 0 Å². The first-order valence-electron chi connectivity index (χ1n) is 7.22. The molecule has 0 fully saturated rings. The molecule has 0 aliphatic heterocycles. The highest BCUT2D eigenvalue weighted by atomic mass is 16.2. The van der Waals surface area contributed by atoms with E-state index in [9.17, 15) is 9.59 Å². The van der Waals surface area contributed by atoms with Crippen molar-refractivity contribution in [2.45, 2.75) is 19.5 Å². The van der Waals surface area contributed by atoms with Crippen molar-refractivity contribution in [1.82, 2.24) is 10.2 Å². The summed E-state index contributed by atoms with van der Waals surface area (Å²) < 4.78 is 0. The van der Waals surface area contributed by atoms with Gasteiger partial charge in [0, 0.05) is 13.6 Å². The number of carbonyl (C=O) groups is 2. The van der Waals surface area contributed by atoms with E-state index in [1.807, 2.05) is 67.6 Å². The summed E-state index contributed by atoms with van der Waals surface area (Å²) in [6, 6.07) is 18.9. The van der Waals surface area contributed by atoms with E-state index in [1.54, 1.807) is 7.05 Å². The molecule has 114 valence electrons. The molecule has 1 N–H and O–H groups in total. The van der Waals surface area contributed by atoms with Gasteiger partial charge < -0.3 is 10.2 Å². The summed E-state index contributed by atoms with van der Waals surface area (Å²) in [5, 5.41) is 2.73. The van der Waals surface area contributed by atoms with Crippen LogP contribution in [0.25, 0.3) is 0 Å². The predicted molar refractivity (Wildman–Crippen MR) is 85.9 cm³/mol. The summed E-state index contributed by atoms with van der Waals surface area (Å²) in [4.78, 5) is 25.6.